The number of hydrogen-bond donors (Lipinski definition) is 0. The fourth-order valence-electron chi connectivity index (χ4n) is 2.58. The summed E-state index contributed by atoms with van der Waals surface area (Å²) in [4.78, 5) is 31.1. The Morgan fingerprint density at radius 2 is 0.735 bits per heavy atom. The van der Waals surface area contributed by atoms with E-state index >= 15 is 0 Å². The van der Waals surface area contributed by atoms with Crippen LogP contribution >= 0.6 is 0 Å². The van der Waals surface area contributed by atoms with E-state index in [1.54, 1.807) is 20.8 Å². The minimum absolute atomic E-state index is 0. The van der Waals surface area contributed by atoms with Gasteiger partial charge in [-0.2, -0.15) is 0 Å². The van der Waals surface area contributed by atoms with Gasteiger partial charge in [-0.25, -0.2) is 0 Å². The van der Waals surface area contributed by atoms with Crippen molar-refractivity contribution in [2.45, 2.75) is 118 Å². The molecule has 34 heavy (non-hydrogen) atoms. The molecule has 3 unspecified atom stereocenters. The molecule has 0 aromatic rings. The number of unbranched alkanes of at least 4 members (excludes halogenated alkanes) is 3. The van der Waals surface area contributed by atoms with Gasteiger partial charge in [-0.15, -0.1) is 0 Å². The average Bonchev–Trinajstić information content (AvgIpc) is 2.77. The van der Waals surface area contributed by atoms with Crippen LogP contribution < -0.4 is 15.3 Å². The molecule has 204 valence electrons. The number of ether oxygens (including phenoxy) is 3. The predicted molar refractivity (Wildman–Crippen MR) is 120 cm³/mol. The summed E-state index contributed by atoms with van der Waals surface area (Å²) in [5.41, 5.74) is 0. The second-order valence-corrected chi connectivity index (χ2v) is 7.22. The molecule has 0 saturated carbocycles. The van der Waals surface area contributed by atoms with E-state index in [1.165, 1.54) is 0 Å². The first-order chi connectivity index (χ1) is 15.7. The van der Waals surface area contributed by atoms with Gasteiger partial charge in [-0.05, 0) is 40.0 Å². The van der Waals surface area contributed by atoms with Crippen LogP contribution in [0.25, 0.3) is 0 Å². The first-order valence-corrected chi connectivity index (χ1v) is 12.1. The van der Waals surface area contributed by atoms with Gasteiger partial charge in [0.15, 0.2) is 0 Å². The number of carboxylic acid groups (broad SMARTS) is 3. The van der Waals surface area contributed by atoms with Crippen molar-refractivity contribution in [2.24, 2.45) is 0 Å². The minimum atomic E-state index is -1.10. The molecule has 3 atom stereocenters. The maximum atomic E-state index is 10.4. The quantitative estimate of drug-likeness (QED) is 0.208. The van der Waals surface area contributed by atoms with E-state index in [9.17, 15) is 29.7 Å². The largest absolute Gasteiger partial charge is 3.00 e. The molecule has 0 aliphatic carbocycles. The van der Waals surface area contributed by atoms with E-state index in [0.717, 1.165) is 38.5 Å². The Balaban J connectivity index is -0.000000196. The third kappa shape index (κ3) is 27.2. The van der Waals surface area contributed by atoms with E-state index in [4.69, 9.17) is 14.2 Å². The summed E-state index contributed by atoms with van der Waals surface area (Å²) in [5.74, 6) is -3.29. The van der Waals surface area contributed by atoms with Crippen molar-refractivity contribution in [3.05, 3.63) is 0 Å². The van der Waals surface area contributed by atoms with Gasteiger partial charge < -0.3 is 43.9 Å². The predicted octanol–water partition coefficient (Wildman–Crippen LogP) is 0.992. The van der Waals surface area contributed by atoms with Gasteiger partial charge in [-0.3, -0.25) is 0 Å². The van der Waals surface area contributed by atoms with Crippen LogP contribution in [0.4, 0.5) is 0 Å². The molecule has 0 radical (unpaired) electrons. The Morgan fingerprint density at radius 3 is 0.853 bits per heavy atom. The van der Waals surface area contributed by atoms with Gasteiger partial charge in [0.05, 0.1) is 36.2 Å². The monoisotopic (exact) mass is 670 g/mol. The molecule has 0 aliphatic rings. The Morgan fingerprint density at radius 1 is 0.529 bits per heavy atom. The summed E-state index contributed by atoms with van der Waals surface area (Å²) >= 11 is 0. The maximum absolute atomic E-state index is 10.4. The molecule has 0 N–H and O–H groups in total. The van der Waals surface area contributed by atoms with Gasteiger partial charge >= 0.3 is 20.1 Å². The standard InChI is InChI=1S/3C8H16O3.Ir/c3*1-3-5-6-7(8(9)10)11-4-2;/h3*7H,3-6H2,1-2H3,(H,9,10);/q;;;+3/p-3. The SMILES string of the molecule is CCCCC(OCC)C(=O)[O-].CCCCC(OCC)C(=O)[O-].CCCCC(OCC)C(=O)[O-].[Ir+3]. The van der Waals surface area contributed by atoms with E-state index in [1.807, 2.05) is 20.8 Å². The van der Waals surface area contributed by atoms with E-state index in [2.05, 4.69) is 0 Å². The van der Waals surface area contributed by atoms with Crippen LogP contribution in [0.3, 0.4) is 0 Å². The first kappa shape index (κ1) is 40.1. The number of hydrogen-bond acceptors (Lipinski definition) is 9. The second kappa shape index (κ2) is 30.0. The third-order valence-corrected chi connectivity index (χ3v) is 4.35. The zero-order valence-corrected chi connectivity index (χ0v) is 24.1. The summed E-state index contributed by atoms with van der Waals surface area (Å²) in [6.45, 7) is 12.7. The van der Waals surface area contributed by atoms with Gasteiger partial charge in [-0.1, -0.05) is 59.3 Å². The van der Waals surface area contributed by atoms with Crippen molar-refractivity contribution in [3.8, 4) is 0 Å². The van der Waals surface area contributed by atoms with Crippen LogP contribution in [-0.4, -0.2) is 56.0 Å². The topological polar surface area (TPSA) is 148 Å². The van der Waals surface area contributed by atoms with Gasteiger partial charge in [0.1, 0.15) is 0 Å². The fraction of sp³-hybridized carbons (Fsp3) is 0.875. The van der Waals surface area contributed by atoms with Crippen LogP contribution in [0.2, 0.25) is 0 Å². The zero-order chi connectivity index (χ0) is 26.1. The molecule has 0 aromatic carbocycles. The molecule has 0 heterocycles. The molecule has 10 heteroatoms. The molecule has 0 fully saturated rings. The number of carbonyl (C=O) groups excluding carboxylic acids is 3. The van der Waals surface area contributed by atoms with Crippen LogP contribution in [0, 0.1) is 0 Å². The van der Waals surface area contributed by atoms with Crippen molar-refractivity contribution in [1.82, 2.24) is 0 Å². The van der Waals surface area contributed by atoms with Crippen molar-refractivity contribution >= 4 is 17.9 Å². The fourth-order valence-corrected chi connectivity index (χ4v) is 2.58. The molecular weight excluding hydrogens is 624 g/mol. The number of aliphatic carboxylic acids is 3. The number of carbonyl (C=O) groups is 3. The summed E-state index contributed by atoms with van der Waals surface area (Å²) in [7, 11) is 0. The molecule has 0 amide bonds. The summed E-state index contributed by atoms with van der Waals surface area (Å²) < 4.78 is 14.8. The zero-order valence-electron chi connectivity index (χ0n) is 21.7. The Kier molecular flexibility index (Phi) is 35.4. The van der Waals surface area contributed by atoms with Crippen molar-refractivity contribution in [1.29, 1.82) is 0 Å². The molecule has 0 saturated heterocycles. The van der Waals surface area contributed by atoms with Crippen molar-refractivity contribution < 1.29 is 64.0 Å². The molecule has 9 nitrogen and oxygen atoms in total. The molecule has 0 spiro atoms. The summed E-state index contributed by atoms with van der Waals surface area (Å²) in [6, 6.07) is 0. The molecular formula is C24H45IrO9. The van der Waals surface area contributed by atoms with Crippen LogP contribution in [0.1, 0.15) is 99.3 Å². The van der Waals surface area contributed by atoms with Crippen LogP contribution in [0.15, 0.2) is 0 Å². The van der Waals surface area contributed by atoms with Crippen LogP contribution in [-0.2, 0) is 48.7 Å². The first-order valence-electron chi connectivity index (χ1n) is 12.1. The minimum Gasteiger partial charge on any atom is -0.547 e. The van der Waals surface area contributed by atoms with E-state index in [-0.39, 0.29) is 20.1 Å². The number of rotatable bonds is 18. The smallest absolute Gasteiger partial charge is 0.547 e. The van der Waals surface area contributed by atoms with Gasteiger partial charge in [0.25, 0.3) is 0 Å². The van der Waals surface area contributed by atoms with E-state index < -0.39 is 36.2 Å². The summed E-state index contributed by atoms with van der Waals surface area (Å²) in [5, 5.41) is 31.1. The second-order valence-electron chi connectivity index (χ2n) is 7.22. The van der Waals surface area contributed by atoms with Gasteiger partial charge in [0, 0.05) is 19.8 Å². The Labute approximate surface area is 219 Å². The Hall–Kier alpha value is -1.06. The van der Waals surface area contributed by atoms with Crippen molar-refractivity contribution in [2.75, 3.05) is 19.8 Å². The normalized spacial score (nSPS) is 12.5. The number of carboxylic acids is 3. The molecule has 0 aliphatic heterocycles. The van der Waals surface area contributed by atoms with Crippen LogP contribution in [0.5, 0.6) is 0 Å². The van der Waals surface area contributed by atoms with Crippen molar-refractivity contribution in [3.63, 3.8) is 0 Å². The average molecular weight is 670 g/mol. The molecule has 0 rings (SSSR count). The third-order valence-electron chi connectivity index (χ3n) is 4.35. The van der Waals surface area contributed by atoms with E-state index in [0.29, 0.717) is 39.1 Å². The molecule has 0 bridgehead atoms. The Bertz CT molecular complexity index is 409. The molecule has 0 aromatic heterocycles. The van der Waals surface area contributed by atoms with Gasteiger partial charge in [0.2, 0.25) is 0 Å². The maximum Gasteiger partial charge on any atom is 3.00 e. The summed E-state index contributed by atoms with van der Waals surface area (Å²) in [6.07, 6.45) is 5.13.